The van der Waals surface area contributed by atoms with Crippen molar-refractivity contribution < 1.29 is 9.53 Å². The van der Waals surface area contributed by atoms with Crippen LogP contribution in [0, 0.1) is 0 Å². The molecular weight excluding hydrogens is 322 g/mol. The van der Waals surface area contributed by atoms with Crippen LogP contribution in [-0.2, 0) is 6.54 Å². The first-order chi connectivity index (χ1) is 11.7. The Labute approximate surface area is 144 Å². The summed E-state index contributed by atoms with van der Waals surface area (Å²) < 4.78 is 5.09. The molecule has 0 aliphatic rings. The predicted molar refractivity (Wildman–Crippen MR) is 96.4 cm³/mol. The molecule has 0 spiro atoms. The third kappa shape index (κ3) is 4.11. The third-order valence-electron chi connectivity index (χ3n) is 3.41. The van der Waals surface area contributed by atoms with Gasteiger partial charge in [-0.1, -0.05) is 18.2 Å². The molecule has 5 nitrogen and oxygen atoms in total. The van der Waals surface area contributed by atoms with Crippen LogP contribution in [0.15, 0.2) is 60.1 Å². The summed E-state index contributed by atoms with van der Waals surface area (Å²) in [6, 6.07) is 14.9. The van der Waals surface area contributed by atoms with Gasteiger partial charge >= 0.3 is 6.03 Å². The number of rotatable bonds is 5. The third-order valence-corrected chi connectivity index (χ3v) is 4.23. The molecule has 0 unspecified atom stereocenters. The fraction of sp³-hybridized carbons (Fsp3) is 0.111. The number of anilines is 1. The smallest absolute Gasteiger partial charge is 0.319 e. The van der Waals surface area contributed by atoms with Gasteiger partial charge in [0.15, 0.2) is 0 Å². The molecule has 24 heavy (non-hydrogen) atoms. The van der Waals surface area contributed by atoms with Gasteiger partial charge in [-0.05, 0) is 35.9 Å². The van der Waals surface area contributed by atoms with Gasteiger partial charge < -0.3 is 15.4 Å². The highest BCUT2D eigenvalue weighted by molar-refractivity contribution is 7.13. The van der Waals surface area contributed by atoms with Gasteiger partial charge in [-0.15, -0.1) is 11.3 Å². The van der Waals surface area contributed by atoms with E-state index in [9.17, 15) is 4.79 Å². The molecule has 0 saturated heterocycles. The van der Waals surface area contributed by atoms with Crippen LogP contribution in [-0.4, -0.2) is 18.1 Å². The van der Waals surface area contributed by atoms with Crippen LogP contribution in [0.1, 0.15) is 5.56 Å². The van der Waals surface area contributed by atoms with Crippen LogP contribution in [0.5, 0.6) is 5.75 Å². The number of carbonyl (C=O) groups is 1. The predicted octanol–water partition coefficient (Wildman–Crippen LogP) is 4.14. The Hall–Kier alpha value is -2.86. The Kier molecular flexibility index (Phi) is 5.08. The highest BCUT2D eigenvalue weighted by Crippen LogP contribution is 2.22. The van der Waals surface area contributed by atoms with Crippen LogP contribution in [0.25, 0.3) is 10.6 Å². The molecule has 122 valence electrons. The topological polar surface area (TPSA) is 63.2 Å². The van der Waals surface area contributed by atoms with Gasteiger partial charge in [0.2, 0.25) is 0 Å². The van der Waals surface area contributed by atoms with Crippen molar-refractivity contribution in [3.05, 3.63) is 65.7 Å². The monoisotopic (exact) mass is 339 g/mol. The van der Waals surface area contributed by atoms with Gasteiger partial charge in [0.1, 0.15) is 10.8 Å². The van der Waals surface area contributed by atoms with E-state index in [0.29, 0.717) is 12.2 Å². The summed E-state index contributed by atoms with van der Waals surface area (Å²) in [6.07, 6.45) is 1.78. The Morgan fingerprint density at radius 1 is 1.21 bits per heavy atom. The minimum Gasteiger partial charge on any atom is -0.497 e. The number of amides is 2. The second-order valence-corrected chi connectivity index (χ2v) is 5.97. The van der Waals surface area contributed by atoms with Crippen LogP contribution < -0.4 is 15.4 Å². The molecule has 3 aromatic rings. The number of hydrogen-bond donors (Lipinski definition) is 2. The van der Waals surface area contributed by atoms with E-state index in [1.807, 2.05) is 29.6 Å². The SMILES string of the molecule is COc1ccc(NC(=O)NCc2cccc(-c3nccs3)c2)cc1. The highest BCUT2D eigenvalue weighted by Gasteiger charge is 2.04. The summed E-state index contributed by atoms with van der Waals surface area (Å²) in [6.45, 7) is 0.446. The lowest BCUT2D eigenvalue weighted by atomic mass is 10.1. The van der Waals surface area contributed by atoms with Crippen molar-refractivity contribution in [1.29, 1.82) is 0 Å². The number of methoxy groups -OCH3 is 1. The zero-order valence-corrected chi connectivity index (χ0v) is 14.0. The number of carbonyl (C=O) groups excluding carboxylic acids is 1. The number of thiazole rings is 1. The maximum absolute atomic E-state index is 12.0. The summed E-state index contributed by atoms with van der Waals surface area (Å²) in [5.74, 6) is 0.750. The Morgan fingerprint density at radius 3 is 2.75 bits per heavy atom. The average molecular weight is 339 g/mol. The number of aromatic nitrogens is 1. The van der Waals surface area contributed by atoms with E-state index in [4.69, 9.17) is 4.74 Å². The lowest BCUT2D eigenvalue weighted by Crippen LogP contribution is -2.28. The van der Waals surface area contributed by atoms with Crippen LogP contribution in [0.4, 0.5) is 10.5 Å². The largest absolute Gasteiger partial charge is 0.497 e. The van der Waals surface area contributed by atoms with Crippen molar-refractivity contribution >= 4 is 23.1 Å². The number of benzene rings is 2. The molecule has 0 radical (unpaired) electrons. The zero-order chi connectivity index (χ0) is 16.8. The minimum atomic E-state index is -0.250. The maximum Gasteiger partial charge on any atom is 0.319 e. The molecule has 1 aromatic heterocycles. The number of hydrogen-bond acceptors (Lipinski definition) is 4. The minimum absolute atomic E-state index is 0.250. The van der Waals surface area contributed by atoms with Crippen molar-refractivity contribution in [2.45, 2.75) is 6.54 Å². The summed E-state index contributed by atoms with van der Waals surface area (Å²) >= 11 is 1.59. The molecule has 0 aliphatic carbocycles. The van der Waals surface area contributed by atoms with Gasteiger partial charge in [0, 0.05) is 29.4 Å². The standard InChI is InChI=1S/C18H17N3O2S/c1-23-16-7-5-15(6-8-16)21-18(22)20-12-13-3-2-4-14(11-13)17-19-9-10-24-17/h2-11H,12H2,1H3,(H2,20,21,22). The highest BCUT2D eigenvalue weighted by atomic mass is 32.1. The zero-order valence-electron chi connectivity index (χ0n) is 13.2. The Bertz CT molecular complexity index is 801. The summed E-state index contributed by atoms with van der Waals surface area (Å²) in [4.78, 5) is 16.3. The molecule has 0 fully saturated rings. The molecule has 6 heteroatoms. The Morgan fingerprint density at radius 2 is 2.04 bits per heavy atom. The molecular formula is C18H17N3O2S. The van der Waals surface area contributed by atoms with E-state index >= 15 is 0 Å². The normalized spacial score (nSPS) is 10.2. The van der Waals surface area contributed by atoms with E-state index in [0.717, 1.165) is 21.9 Å². The lowest BCUT2D eigenvalue weighted by molar-refractivity contribution is 0.251. The second kappa shape index (κ2) is 7.61. The van der Waals surface area contributed by atoms with Gasteiger partial charge in [-0.25, -0.2) is 9.78 Å². The molecule has 0 bridgehead atoms. The molecule has 3 rings (SSSR count). The van der Waals surface area contributed by atoms with E-state index in [-0.39, 0.29) is 6.03 Å². The van der Waals surface area contributed by atoms with E-state index in [1.165, 1.54) is 0 Å². The first-order valence-corrected chi connectivity index (χ1v) is 8.30. The number of ether oxygens (including phenoxy) is 1. The number of nitrogens with one attached hydrogen (secondary N) is 2. The van der Waals surface area contributed by atoms with Gasteiger partial charge in [0.25, 0.3) is 0 Å². The van der Waals surface area contributed by atoms with Crippen LogP contribution in [0.2, 0.25) is 0 Å². The fourth-order valence-corrected chi connectivity index (χ4v) is 2.85. The average Bonchev–Trinajstić information content (AvgIpc) is 3.16. The fourth-order valence-electron chi connectivity index (χ4n) is 2.21. The van der Waals surface area contributed by atoms with Crippen molar-refractivity contribution in [3.63, 3.8) is 0 Å². The molecule has 0 aliphatic heterocycles. The first-order valence-electron chi connectivity index (χ1n) is 7.42. The molecule has 0 atom stereocenters. The summed E-state index contributed by atoms with van der Waals surface area (Å²) in [7, 11) is 1.61. The quantitative estimate of drug-likeness (QED) is 0.734. The molecule has 1 heterocycles. The Balaban J connectivity index is 1.57. The van der Waals surface area contributed by atoms with Gasteiger partial charge in [-0.2, -0.15) is 0 Å². The summed E-state index contributed by atoms with van der Waals surface area (Å²) in [5, 5.41) is 8.56. The van der Waals surface area contributed by atoms with Gasteiger partial charge in [0.05, 0.1) is 7.11 Å². The van der Waals surface area contributed by atoms with E-state index in [2.05, 4.69) is 15.6 Å². The van der Waals surface area contributed by atoms with Crippen LogP contribution >= 0.6 is 11.3 Å². The van der Waals surface area contributed by atoms with Crippen molar-refractivity contribution in [2.75, 3.05) is 12.4 Å². The molecule has 2 aromatic carbocycles. The molecule has 0 saturated carbocycles. The number of urea groups is 1. The first kappa shape index (κ1) is 16.0. The second-order valence-electron chi connectivity index (χ2n) is 5.07. The van der Waals surface area contributed by atoms with Gasteiger partial charge in [-0.3, -0.25) is 0 Å². The molecule has 2 N–H and O–H groups in total. The van der Waals surface area contributed by atoms with Crippen molar-refractivity contribution in [3.8, 4) is 16.3 Å². The number of nitrogens with zero attached hydrogens (tertiary/aromatic N) is 1. The van der Waals surface area contributed by atoms with Crippen molar-refractivity contribution in [2.24, 2.45) is 0 Å². The van der Waals surface area contributed by atoms with E-state index in [1.54, 1.807) is 48.9 Å². The lowest BCUT2D eigenvalue weighted by Gasteiger charge is -2.09. The van der Waals surface area contributed by atoms with Crippen LogP contribution in [0.3, 0.4) is 0 Å². The van der Waals surface area contributed by atoms with Crippen molar-refractivity contribution in [1.82, 2.24) is 10.3 Å². The summed E-state index contributed by atoms with van der Waals surface area (Å²) in [5.41, 5.74) is 2.79. The van der Waals surface area contributed by atoms with E-state index < -0.39 is 0 Å². The maximum atomic E-state index is 12.0. The molecule has 2 amide bonds.